The van der Waals surface area contributed by atoms with E-state index < -0.39 is 11.9 Å². The normalized spacial score (nSPS) is 12.4. The monoisotopic (exact) mass is 277 g/mol. The second-order valence-corrected chi connectivity index (χ2v) is 4.98. The van der Waals surface area contributed by atoms with Gasteiger partial charge in [0.2, 0.25) is 5.95 Å². The number of halogens is 3. The van der Waals surface area contributed by atoms with E-state index in [0.29, 0.717) is 6.54 Å². The van der Waals surface area contributed by atoms with Crippen LogP contribution in [0.25, 0.3) is 0 Å². The van der Waals surface area contributed by atoms with Crippen LogP contribution in [0.3, 0.4) is 0 Å². The zero-order valence-electron chi connectivity index (χ0n) is 11.1. The van der Waals surface area contributed by atoms with E-state index in [1.54, 1.807) is 0 Å². The lowest BCUT2D eigenvalue weighted by atomic mass is 9.90. The number of rotatable bonds is 5. The predicted octanol–water partition coefficient (Wildman–Crippen LogP) is 2.63. The summed E-state index contributed by atoms with van der Waals surface area (Å²) in [6.07, 6.45) is -3.65. The summed E-state index contributed by atoms with van der Waals surface area (Å²) >= 11 is 0. The van der Waals surface area contributed by atoms with Crippen LogP contribution in [0, 0.1) is 5.41 Å². The Bertz CT molecular complexity index is 431. The molecule has 0 unspecified atom stereocenters. The quantitative estimate of drug-likeness (QED) is 0.570. The third-order valence-corrected chi connectivity index (χ3v) is 2.85. The topological polar surface area (TPSA) is 75.9 Å². The molecule has 1 aromatic heterocycles. The van der Waals surface area contributed by atoms with Crippen LogP contribution in [0.5, 0.6) is 0 Å². The zero-order chi connectivity index (χ0) is 14.7. The summed E-state index contributed by atoms with van der Waals surface area (Å²) in [6, 6.07) is 0.868. The Balaban J connectivity index is 2.95. The van der Waals surface area contributed by atoms with E-state index >= 15 is 0 Å². The molecular weight excluding hydrogens is 259 g/mol. The summed E-state index contributed by atoms with van der Waals surface area (Å²) in [5.74, 6) is 4.89. The molecule has 0 aliphatic carbocycles. The molecule has 0 fully saturated rings. The Morgan fingerprint density at radius 2 is 1.89 bits per heavy atom. The van der Waals surface area contributed by atoms with Gasteiger partial charge in [0.1, 0.15) is 5.82 Å². The van der Waals surface area contributed by atoms with Crippen molar-refractivity contribution in [1.82, 2.24) is 9.97 Å². The van der Waals surface area contributed by atoms with Crippen LogP contribution in [0.15, 0.2) is 6.07 Å². The highest BCUT2D eigenvalue weighted by atomic mass is 19.4. The Labute approximate surface area is 109 Å². The number of nitrogens with one attached hydrogen (secondary N) is 2. The Kier molecular flexibility index (Phi) is 4.56. The summed E-state index contributed by atoms with van der Waals surface area (Å²) in [6.45, 7) is 6.53. The van der Waals surface area contributed by atoms with Crippen LogP contribution in [0.1, 0.15) is 32.9 Å². The molecule has 0 radical (unpaired) electrons. The lowest BCUT2D eigenvalue weighted by Gasteiger charge is -2.23. The summed E-state index contributed by atoms with van der Waals surface area (Å²) in [5.41, 5.74) is 0.952. The molecule has 1 rings (SSSR count). The molecule has 0 saturated heterocycles. The van der Waals surface area contributed by atoms with E-state index in [1.807, 2.05) is 26.2 Å². The fourth-order valence-corrected chi connectivity index (χ4v) is 1.20. The van der Waals surface area contributed by atoms with Gasteiger partial charge >= 0.3 is 6.18 Å². The van der Waals surface area contributed by atoms with Gasteiger partial charge in [0, 0.05) is 12.6 Å². The van der Waals surface area contributed by atoms with E-state index in [-0.39, 0.29) is 17.2 Å². The second kappa shape index (κ2) is 5.60. The Hall–Kier alpha value is -1.57. The summed E-state index contributed by atoms with van der Waals surface area (Å²) in [7, 11) is 0. The molecule has 5 nitrogen and oxygen atoms in total. The standard InChI is InChI=1S/C11H18F3N5/c1-4-10(2,3)6-16-8-5-7(11(12,13)14)17-9(18-8)19-15/h5H,4,6,15H2,1-3H3,(H2,16,17,18,19). The third-order valence-electron chi connectivity index (χ3n) is 2.85. The first-order valence-corrected chi connectivity index (χ1v) is 5.85. The SMILES string of the molecule is CCC(C)(C)CNc1cc(C(F)(F)F)nc(NN)n1. The van der Waals surface area contributed by atoms with Crippen molar-refractivity contribution in [3.8, 4) is 0 Å². The summed E-state index contributed by atoms with van der Waals surface area (Å²) < 4.78 is 37.9. The number of anilines is 2. The van der Waals surface area contributed by atoms with Crippen molar-refractivity contribution in [3.63, 3.8) is 0 Å². The Morgan fingerprint density at radius 3 is 2.37 bits per heavy atom. The van der Waals surface area contributed by atoms with Gasteiger partial charge in [-0.1, -0.05) is 20.8 Å². The molecular formula is C11H18F3N5. The fraction of sp³-hybridized carbons (Fsp3) is 0.636. The van der Waals surface area contributed by atoms with Crippen molar-refractivity contribution in [2.45, 2.75) is 33.4 Å². The molecule has 0 aliphatic heterocycles. The summed E-state index contributed by atoms with van der Waals surface area (Å²) in [4.78, 5) is 7.12. The van der Waals surface area contributed by atoms with Gasteiger partial charge in [-0.2, -0.15) is 18.2 Å². The van der Waals surface area contributed by atoms with Crippen LogP contribution in [0.2, 0.25) is 0 Å². The number of aromatic nitrogens is 2. The van der Waals surface area contributed by atoms with Crippen molar-refractivity contribution < 1.29 is 13.2 Å². The lowest BCUT2D eigenvalue weighted by molar-refractivity contribution is -0.141. The van der Waals surface area contributed by atoms with E-state index in [0.717, 1.165) is 12.5 Å². The molecule has 0 atom stereocenters. The predicted molar refractivity (Wildman–Crippen MR) is 67.4 cm³/mol. The first kappa shape index (κ1) is 15.5. The van der Waals surface area contributed by atoms with Crippen molar-refractivity contribution in [1.29, 1.82) is 0 Å². The maximum atomic E-state index is 12.6. The van der Waals surface area contributed by atoms with Gasteiger partial charge in [0.05, 0.1) is 0 Å². The first-order chi connectivity index (χ1) is 8.68. The highest BCUT2D eigenvalue weighted by molar-refractivity contribution is 5.42. The molecule has 1 heterocycles. The maximum absolute atomic E-state index is 12.6. The van der Waals surface area contributed by atoms with Gasteiger partial charge in [-0.15, -0.1) is 0 Å². The number of nitrogens with two attached hydrogens (primary N) is 1. The van der Waals surface area contributed by atoms with Crippen LogP contribution >= 0.6 is 0 Å². The van der Waals surface area contributed by atoms with Crippen LogP contribution in [-0.2, 0) is 6.18 Å². The van der Waals surface area contributed by atoms with E-state index in [1.165, 1.54) is 0 Å². The Morgan fingerprint density at radius 1 is 1.26 bits per heavy atom. The van der Waals surface area contributed by atoms with Gasteiger partial charge in [-0.3, -0.25) is 5.43 Å². The average Bonchev–Trinajstić information content (AvgIpc) is 2.35. The van der Waals surface area contributed by atoms with E-state index in [4.69, 9.17) is 5.84 Å². The lowest BCUT2D eigenvalue weighted by Crippen LogP contribution is -2.23. The molecule has 0 saturated carbocycles. The van der Waals surface area contributed by atoms with E-state index in [2.05, 4.69) is 15.3 Å². The van der Waals surface area contributed by atoms with Crippen LogP contribution in [-0.4, -0.2) is 16.5 Å². The number of hydrogen-bond donors (Lipinski definition) is 3. The van der Waals surface area contributed by atoms with Gasteiger partial charge in [-0.25, -0.2) is 10.8 Å². The molecule has 4 N–H and O–H groups in total. The minimum absolute atomic E-state index is 0.0420. The highest BCUT2D eigenvalue weighted by Gasteiger charge is 2.33. The second-order valence-electron chi connectivity index (χ2n) is 4.98. The van der Waals surface area contributed by atoms with Gasteiger partial charge < -0.3 is 5.32 Å². The number of alkyl halides is 3. The van der Waals surface area contributed by atoms with Crippen LogP contribution < -0.4 is 16.6 Å². The van der Waals surface area contributed by atoms with Crippen molar-refractivity contribution in [3.05, 3.63) is 11.8 Å². The molecule has 108 valence electrons. The third kappa shape index (κ3) is 4.55. The van der Waals surface area contributed by atoms with Crippen LogP contribution in [0.4, 0.5) is 24.9 Å². The molecule has 0 amide bonds. The van der Waals surface area contributed by atoms with Gasteiger partial charge in [-0.05, 0) is 11.8 Å². The number of nitrogens with zero attached hydrogens (tertiary/aromatic N) is 2. The first-order valence-electron chi connectivity index (χ1n) is 5.85. The number of hydrogen-bond acceptors (Lipinski definition) is 5. The minimum Gasteiger partial charge on any atom is -0.369 e. The smallest absolute Gasteiger partial charge is 0.369 e. The molecule has 19 heavy (non-hydrogen) atoms. The highest BCUT2D eigenvalue weighted by Crippen LogP contribution is 2.30. The number of hydrazine groups is 1. The van der Waals surface area contributed by atoms with Gasteiger partial charge in [0.25, 0.3) is 0 Å². The molecule has 0 spiro atoms. The van der Waals surface area contributed by atoms with Gasteiger partial charge in [0.15, 0.2) is 5.69 Å². The average molecular weight is 277 g/mol. The fourth-order valence-electron chi connectivity index (χ4n) is 1.20. The summed E-state index contributed by atoms with van der Waals surface area (Å²) in [5, 5.41) is 2.88. The van der Waals surface area contributed by atoms with Crippen molar-refractivity contribution >= 4 is 11.8 Å². The molecule has 8 heteroatoms. The van der Waals surface area contributed by atoms with E-state index in [9.17, 15) is 13.2 Å². The molecule has 1 aromatic rings. The molecule has 0 bridgehead atoms. The maximum Gasteiger partial charge on any atom is 0.433 e. The largest absolute Gasteiger partial charge is 0.433 e. The minimum atomic E-state index is -4.54. The zero-order valence-corrected chi connectivity index (χ0v) is 11.1. The molecule has 0 aromatic carbocycles. The molecule has 0 aliphatic rings. The van der Waals surface area contributed by atoms with Crippen molar-refractivity contribution in [2.75, 3.05) is 17.3 Å². The van der Waals surface area contributed by atoms with Crippen molar-refractivity contribution in [2.24, 2.45) is 11.3 Å². The number of nitrogen functional groups attached to an aromatic ring is 1.